The second-order valence-electron chi connectivity index (χ2n) is 14.1. The fourth-order valence-corrected chi connectivity index (χ4v) is 8.30. The number of hydrogen-bond acceptors (Lipinski definition) is 2. The van der Waals surface area contributed by atoms with E-state index in [9.17, 15) is 0 Å². The lowest BCUT2D eigenvalue weighted by atomic mass is 9.82. The summed E-state index contributed by atoms with van der Waals surface area (Å²) >= 11 is 0. The maximum atomic E-state index is 6.35. The molecule has 2 heteroatoms. The van der Waals surface area contributed by atoms with E-state index in [1.807, 2.05) is 6.07 Å². The Morgan fingerprint density at radius 1 is 0.451 bits per heavy atom. The van der Waals surface area contributed by atoms with E-state index >= 15 is 0 Å². The lowest BCUT2D eigenvalue weighted by molar-refractivity contribution is 0.656. The first-order valence-electron chi connectivity index (χ1n) is 17.7. The van der Waals surface area contributed by atoms with E-state index in [0.717, 1.165) is 28.2 Å². The molecule has 0 saturated carbocycles. The zero-order valence-corrected chi connectivity index (χ0v) is 28.6. The Morgan fingerprint density at radius 2 is 1.16 bits per heavy atom. The zero-order chi connectivity index (χ0) is 34.1. The van der Waals surface area contributed by atoms with Gasteiger partial charge in [-0.3, -0.25) is 0 Å². The van der Waals surface area contributed by atoms with E-state index in [-0.39, 0.29) is 5.41 Å². The van der Waals surface area contributed by atoms with Gasteiger partial charge in [-0.15, -0.1) is 0 Å². The van der Waals surface area contributed by atoms with Crippen LogP contribution >= 0.6 is 0 Å². The summed E-state index contributed by atoms with van der Waals surface area (Å²) in [6.07, 6.45) is 0. The number of nitrogens with zero attached hydrogens (tertiary/aromatic N) is 1. The third kappa shape index (κ3) is 4.64. The smallest absolute Gasteiger partial charge is 0.136 e. The minimum absolute atomic E-state index is 0.197. The molecule has 51 heavy (non-hydrogen) atoms. The van der Waals surface area contributed by atoms with Gasteiger partial charge >= 0.3 is 0 Å². The van der Waals surface area contributed by atoms with Gasteiger partial charge in [0.15, 0.2) is 0 Å². The van der Waals surface area contributed by atoms with Gasteiger partial charge in [0.25, 0.3) is 0 Å². The highest BCUT2D eigenvalue weighted by Crippen LogP contribution is 2.54. The Hall–Kier alpha value is -6.38. The largest absolute Gasteiger partial charge is 0.456 e. The zero-order valence-electron chi connectivity index (χ0n) is 28.6. The maximum Gasteiger partial charge on any atom is 0.136 e. The van der Waals surface area contributed by atoms with Gasteiger partial charge in [0.2, 0.25) is 0 Å². The molecule has 8 aromatic carbocycles. The molecule has 1 aromatic heterocycles. The molecule has 0 saturated heterocycles. The number of fused-ring (bicyclic) bond motifs is 8. The van der Waals surface area contributed by atoms with Crippen LogP contribution in [0.15, 0.2) is 180 Å². The van der Waals surface area contributed by atoms with Crippen LogP contribution in [0.4, 0.5) is 17.1 Å². The maximum absolute atomic E-state index is 6.35. The van der Waals surface area contributed by atoms with Crippen molar-refractivity contribution in [1.82, 2.24) is 0 Å². The first-order chi connectivity index (χ1) is 25.0. The van der Waals surface area contributed by atoms with Gasteiger partial charge in [-0.25, -0.2) is 0 Å². The molecule has 10 rings (SSSR count). The lowest BCUT2D eigenvalue weighted by Crippen LogP contribution is -2.17. The van der Waals surface area contributed by atoms with Crippen LogP contribution in [-0.4, -0.2) is 0 Å². The van der Waals surface area contributed by atoms with Crippen LogP contribution in [0, 0.1) is 0 Å². The quantitative estimate of drug-likeness (QED) is 0.184. The number of hydrogen-bond donors (Lipinski definition) is 0. The van der Waals surface area contributed by atoms with E-state index in [2.05, 4.69) is 189 Å². The number of benzene rings is 8. The summed E-state index contributed by atoms with van der Waals surface area (Å²) in [7, 11) is 0. The molecule has 0 bridgehead atoms. The third-order valence-electron chi connectivity index (χ3n) is 10.9. The SMILES string of the molecule is CC1(C)c2cc(N(c3ccc(-c4ccc5ccccc5c4)cc3)c3ccccc3-c3ccccc3)ccc2-c2c1ccc1oc3ccccc3c21. The van der Waals surface area contributed by atoms with Gasteiger partial charge < -0.3 is 9.32 Å². The molecule has 0 unspecified atom stereocenters. The first-order valence-corrected chi connectivity index (χ1v) is 17.7. The average molecular weight is 654 g/mol. The molecule has 1 heterocycles. The van der Waals surface area contributed by atoms with E-state index in [1.54, 1.807) is 0 Å². The van der Waals surface area contributed by atoms with Crippen molar-refractivity contribution in [2.75, 3.05) is 4.90 Å². The van der Waals surface area contributed by atoms with Crippen LogP contribution in [-0.2, 0) is 5.41 Å². The summed E-state index contributed by atoms with van der Waals surface area (Å²) in [5, 5.41) is 4.88. The second kappa shape index (κ2) is 11.3. The summed E-state index contributed by atoms with van der Waals surface area (Å²) in [4.78, 5) is 2.43. The Labute approximate surface area is 297 Å². The van der Waals surface area contributed by atoms with Crippen LogP contribution in [0.25, 0.3) is 66.1 Å². The van der Waals surface area contributed by atoms with Crippen molar-refractivity contribution in [2.45, 2.75) is 19.3 Å². The molecule has 242 valence electrons. The van der Waals surface area contributed by atoms with Gasteiger partial charge in [0.1, 0.15) is 11.2 Å². The molecule has 0 spiro atoms. The molecule has 9 aromatic rings. The number of rotatable bonds is 5. The summed E-state index contributed by atoms with van der Waals surface area (Å²) in [6, 6.07) is 63.7. The van der Waals surface area contributed by atoms with Gasteiger partial charge in [0, 0.05) is 33.1 Å². The molecular weight excluding hydrogens is 619 g/mol. The second-order valence-corrected chi connectivity index (χ2v) is 14.1. The van der Waals surface area contributed by atoms with Gasteiger partial charge in [-0.1, -0.05) is 141 Å². The molecule has 0 atom stereocenters. The Kier molecular flexibility index (Phi) is 6.56. The van der Waals surface area contributed by atoms with Gasteiger partial charge in [-0.05, 0) is 98.2 Å². The van der Waals surface area contributed by atoms with Crippen LogP contribution in [0.3, 0.4) is 0 Å². The van der Waals surface area contributed by atoms with E-state index in [0.29, 0.717) is 0 Å². The van der Waals surface area contributed by atoms with Crippen molar-refractivity contribution >= 4 is 49.8 Å². The van der Waals surface area contributed by atoms with Crippen LogP contribution in [0.5, 0.6) is 0 Å². The molecule has 0 amide bonds. The summed E-state index contributed by atoms with van der Waals surface area (Å²) in [6.45, 7) is 4.71. The standard InChI is InChI=1S/C49H35NO/c1-49(2)42-28-29-46-48(41-17-9-11-19-45(41)51-46)47(42)40-27-26-38(31-43(40)49)50(44-18-10-8-16-39(44)34-13-4-3-5-14-34)37-24-22-33(23-25-37)36-21-20-32-12-6-7-15-35(32)30-36/h3-31H,1-2H3. The van der Waals surface area contributed by atoms with Crippen molar-refractivity contribution in [1.29, 1.82) is 0 Å². The molecule has 0 N–H and O–H groups in total. The van der Waals surface area contributed by atoms with E-state index in [4.69, 9.17) is 4.42 Å². The third-order valence-corrected chi connectivity index (χ3v) is 10.9. The van der Waals surface area contributed by atoms with Gasteiger partial charge in [-0.2, -0.15) is 0 Å². The normalized spacial score (nSPS) is 13.1. The number of furan rings is 1. The molecule has 0 radical (unpaired) electrons. The predicted molar refractivity (Wildman–Crippen MR) is 214 cm³/mol. The highest BCUT2D eigenvalue weighted by atomic mass is 16.3. The minimum atomic E-state index is -0.197. The monoisotopic (exact) mass is 653 g/mol. The Morgan fingerprint density at radius 3 is 2.02 bits per heavy atom. The number of anilines is 3. The molecule has 2 nitrogen and oxygen atoms in total. The highest BCUT2D eigenvalue weighted by molar-refractivity contribution is 6.15. The molecule has 1 aliphatic rings. The first kappa shape index (κ1) is 29.5. The predicted octanol–water partition coefficient (Wildman–Crippen LogP) is 13.8. The van der Waals surface area contributed by atoms with Crippen LogP contribution in [0.1, 0.15) is 25.0 Å². The van der Waals surface area contributed by atoms with Crippen molar-refractivity contribution < 1.29 is 4.42 Å². The van der Waals surface area contributed by atoms with Crippen molar-refractivity contribution in [2.24, 2.45) is 0 Å². The molecule has 0 aliphatic heterocycles. The summed E-state index contributed by atoms with van der Waals surface area (Å²) in [5.74, 6) is 0. The summed E-state index contributed by atoms with van der Waals surface area (Å²) in [5.41, 5.74) is 15.1. The van der Waals surface area contributed by atoms with Crippen molar-refractivity contribution in [3.63, 3.8) is 0 Å². The summed E-state index contributed by atoms with van der Waals surface area (Å²) < 4.78 is 6.35. The van der Waals surface area contributed by atoms with Crippen LogP contribution < -0.4 is 4.90 Å². The highest BCUT2D eigenvalue weighted by Gasteiger charge is 2.38. The Balaban J connectivity index is 1.15. The minimum Gasteiger partial charge on any atom is -0.456 e. The van der Waals surface area contributed by atoms with Crippen LogP contribution in [0.2, 0.25) is 0 Å². The van der Waals surface area contributed by atoms with Gasteiger partial charge in [0.05, 0.1) is 5.69 Å². The lowest BCUT2D eigenvalue weighted by Gasteiger charge is -2.30. The number of para-hydroxylation sites is 2. The van der Waals surface area contributed by atoms with Crippen molar-refractivity contribution in [3.05, 3.63) is 187 Å². The molecular formula is C49H35NO. The van der Waals surface area contributed by atoms with E-state index in [1.165, 1.54) is 66.1 Å². The Bertz CT molecular complexity index is 2770. The topological polar surface area (TPSA) is 16.4 Å². The van der Waals surface area contributed by atoms with E-state index < -0.39 is 0 Å². The fourth-order valence-electron chi connectivity index (χ4n) is 8.30. The molecule has 1 aliphatic carbocycles. The molecule has 0 fully saturated rings. The average Bonchev–Trinajstić information content (AvgIpc) is 3.67. The fraction of sp³-hybridized carbons (Fsp3) is 0.0612. The van der Waals surface area contributed by atoms with Crippen molar-refractivity contribution in [3.8, 4) is 33.4 Å².